The van der Waals surface area contributed by atoms with E-state index in [0.717, 1.165) is 0 Å². The Balaban J connectivity index is 1.75. The van der Waals surface area contributed by atoms with Gasteiger partial charge >= 0.3 is 12.0 Å². The molecule has 3 N–H and O–H groups in total. The summed E-state index contributed by atoms with van der Waals surface area (Å²) in [5, 5.41) is 24.6. The van der Waals surface area contributed by atoms with Gasteiger partial charge in [0.2, 0.25) is 0 Å². The predicted molar refractivity (Wildman–Crippen MR) is 106 cm³/mol. The van der Waals surface area contributed by atoms with E-state index in [4.69, 9.17) is 5.11 Å². The quantitative estimate of drug-likeness (QED) is 0.231. The van der Waals surface area contributed by atoms with Crippen LogP contribution in [-0.4, -0.2) is 34.7 Å². The minimum atomic E-state index is -0.914. The van der Waals surface area contributed by atoms with Crippen molar-refractivity contribution in [2.75, 3.05) is 11.9 Å². The number of carboxylic acid groups (broad SMARTS) is 1. The SMILES string of the molecule is O=C(O)CCC/C=C\C[C@@H]1[C@@H](CNC(=O)Nc2ccc([N+](=O)[O-])cc2)CC[C@H]1F. The molecule has 0 bridgehead atoms. The van der Waals surface area contributed by atoms with Crippen molar-refractivity contribution in [3.63, 3.8) is 0 Å². The molecule has 0 radical (unpaired) electrons. The molecule has 1 aromatic rings. The van der Waals surface area contributed by atoms with Gasteiger partial charge in [-0.3, -0.25) is 14.9 Å². The van der Waals surface area contributed by atoms with Gasteiger partial charge in [0.25, 0.3) is 5.69 Å². The summed E-state index contributed by atoms with van der Waals surface area (Å²) in [5.74, 6) is -0.974. The smallest absolute Gasteiger partial charge is 0.319 e. The number of benzene rings is 1. The molecule has 0 aliphatic heterocycles. The van der Waals surface area contributed by atoms with Gasteiger partial charge in [-0.05, 0) is 56.1 Å². The number of urea groups is 1. The van der Waals surface area contributed by atoms with Gasteiger partial charge in [0.1, 0.15) is 6.17 Å². The first-order valence-electron chi connectivity index (χ1n) is 9.67. The Morgan fingerprint density at radius 2 is 1.97 bits per heavy atom. The number of carboxylic acids is 1. The summed E-state index contributed by atoms with van der Waals surface area (Å²) in [5.41, 5.74) is 0.374. The summed E-state index contributed by atoms with van der Waals surface area (Å²) in [6.07, 6.45) is 5.92. The number of unbranched alkanes of at least 4 members (excludes halogenated alkanes) is 1. The Kier molecular flexibility index (Phi) is 8.57. The van der Waals surface area contributed by atoms with E-state index in [9.17, 15) is 24.1 Å². The number of nitrogens with one attached hydrogen (secondary N) is 2. The molecule has 29 heavy (non-hydrogen) atoms. The van der Waals surface area contributed by atoms with Gasteiger partial charge < -0.3 is 15.7 Å². The lowest BCUT2D eigenvalue weighted by Gasteiger charge is -2.20. The summed E-state index contributed by atoms with van der Waals surface area (Å²) in [6, 6.07) is 5.06. The molecule has 3 atom stereocenters. The number of nitrogens with zero attached hydrogens (tertiary/aromatic N) is 1. The first kappa shape index (κ1) is 22.3. The summed E-state index contributed by atoms with van der Waals surface area (Å²) >= 11 is 0. The van der Waals surface area contributed by atoms with E-state index in [-0.39, 0.29) is 23.9 Å². The van der Waals surface area contributed by atoms with Crippen molar-refractivity contribution in [3.05, 3.63) is 46.5 Å². The summed E-state index contributed by atoms with van der Waals surface area (Å²) in [6.45, 7) is 0.344. The number of allylic oxidation sites excluding steroid dienone is 2. The van der Waals surface area contributed by atoms with Gasteiger partial charge in [-0.15, -0.1) is 0 Å². The molecule has 2 amide bonds. The Bertz CT molecular complexity index is 738. The van der Waals surface area contributed by atoms with E-state index in [1.165, 1.54) is 24.3 Å². The maximum absolute atomic E-state index is 14.2. The van der Waals surface area contributed by atoms with Gasteiger partial charge in [-0.25, -0.2) is 9.18 Å². The van der Waals surface area contributed by atoms with Crippen molar-refractivity contribution in [2.45, 2.75) is 44.7 Å². The highest BCUT2D eigenvalue weighted by Gasteiger charge is 2.35. The molecule has 0 unspecified atom stereocenters. The summed E-state index contributed by atoms with van der Waals surface area (Å²) in [7, 11) is 0. The molecule has 2 rings (SSSR count). The Morgan fingerprint density at radius 3 is 2.62 bits per heavy atom. The van der Waals surface area contributed by atoms with Crippen molar-refractivity contribution < 1.29 is 24.0 Å². The minimum absolute atomic E-state index is 0.0243. The summed E-state index contributed by atoms with van der Waals surface area (Å²) in [4.78, 5) is 32.6. The van der Waals surface area contributed by atoms with Crippen molar-refractivity contribution in [1.82, 2.24) is 5.32 Å². The van der Waals surface area contributed by atoms with Crippen LogP contribution in [0.1, 0.15) is 38.5 Å². The van der Waals surface area contributed by atoms with Gasteiger partial charge in [-0.1, -0.05) is 12.2 Å². The summed E-state index contributed by atoms with van der Waals surface area (Å²) < 4.78 is 14.2. The third-order valence-electron chi connectivity index (χ3n) is 5.08. The molecule has 0 spiro atoms. The van der Waals surface area contributed by atoms with Crippen LogP contribution in [0, 0.1) is 22.0 Å². The highest BCUT2D eigenvalue weighted by molar-refractivity contribution is 5.89. The maximum Gasteiger partial charge on any atom is 0.319 e. The molecule has 8 nitrogen and oxygen atoms in total. The number of non-ortho nitro benzene ring substituents is 1. The molecule has 0 saturated heterocycles. The van der Waals surface area contributed by atoms with Crippen LogP contribution < -0.4 is 10.6 Å². The third-order valence-corrected chi connectivity index (χ3v) is 5.08. The van der Waals surface area contributed by atoms with Crippen LogP contribution in [0.5, 0.6) is 0 Å². The highest BCUT2D eigenvalue weighted by Crippen LogP contribution is 2.36. The van der Waals surface area contributed by atoms with E-state index in [2.05, 4.69) is 10.6 Å². The molecule has 1 fully saturated rings. The second-order valence-corrected chi connectivity index (χ2v) is 7.15. The van der Waals surface area contributed by atoms with Crippen LogP contribution in [0.2, 0.25) is 0 Å². The Hall–Kier alpha value is -2.97. The van der Waals surface area contributed by atoms with Gasteiger partial charge in [-0.2, -0.15) is 0 Å². The number of halogens is 1. The van der Waals surface area contributed by atoms with Gasteiger partial charge in [0.05, 0.1) is 4.92 Å². The molecule has 1 saturated carbocycles. The lowest BCUT2D eigenvalue weighted by atomic mass is 9.91. The number of alkyl halides is 1. The van der Waals surface area contributed by atoms with E-state index < -0.39 is 23.1 Å². The number of hydrogen-bond acceptors (Lipinski definition) is 4. The van der Waals surface area contributed by atoms with Crippen LogP contribution in [0.4, 0.5) is 20.6 Å². The highest BCUT2D eigenvalue weighted by atomic mass is 19.1. The second kappa shape index (κ2) is 11.1. The largest absolute Gasteiger partial charge is 0.481 e. The second-order valence-electron chi connectivity index (χ2n) is 7.15. The number of carbonyl (C=O) groups is 2. The number of rotatable bonds is 10. The van der Waals surface area contributed by atoms with Crippen LogP contribution >= 0.6 is 0 Å². The van der Waals surface area contributed by atoms with E-state index in [1.807, 2.05) is 12.2 Å². The third kappa shape index (κ3) is 7.52. The number of anilines is 1. The van der Waals surface area contributed by atoms with Crippen LogP contribution in [0.3, 0.4) is 0 Å². The Labute approximate surface area is 168 Å². The average molecular weight is 407 g/mol. The molecule has 1 aliphatic rings. The normalized spacial score (nSPS) is 21.2. The van der Waals surface area contributed by atoms with Crippen molar-refractivity contribution in [3.8, 4) is 0 Å². The van der Waals surface area contributed by atoms with Crippen molar-refractivity contribution in [2.24, 2.45) is 11.8 Å². The standard InChI is InChI=1S/C20H26FN3O5/c21-18-12-7-14(17(18)5-3-1-2-4-6-19(25)26)13-22-20(27)23-15-8-10-16(11-9-15)24(28)29/h1,3,8-11,14,17-18H,2,4-7,12-13H2,(H,25,26)(H2,22,23,27)/b3-1-/t14-,17-,18-/m1/s1. The first-order valence-corrected chi connectivity index (χ1v) is 9.67. The van der Waals surface area contributed by atoms with Crippen LogP contribution in [-0.2, 0) is 4.79 Å². The Morgan fingerprint density at radius 1 is 1.24 bits per heavy atom. The van der Waals surface area contributed by atoms with Crippen molar-refractivity contribution >= 4 is 23.4 Å². The predicted octanol–water partition coefficient (Wildman–Crippen LogP) is 4.28. The first-order chi connectivity index (χ1) is 13.9. The lowest BCUT2D eigenvalue weighted by molar-refractivity contribution is -0.384. The fraction of sp³-hybridized carbons (Fsp3) is 0.500. The molecule has 0 aromatic heterocycles. The zero-order valence-electron chi connectivity index (χ0n) is 16.1. The van der Waals surface area contributed by atoms with Crippen LogP contribution in [0.15, 0.2) is 36.4 Å². The molecule has 158 valence electrons. The van der Waals surface area contributed by atoms with Gasteiger partial charge in [0.15, 0.2) is 0 Å². The lowest BCUT2D eigenvalue weighted by Crippen LogP contribution is -2.35. The molecule has 9 heteroatoms. The number of nitro groups is 1. The average Bonchev–Trinajstić information content (AvgIpc) is 3.03. The van der Waals surface area contributed by atoms with Gasteiger partial charge in [0, 0.05) is 30.8 Å². The van der Waals surface area contributed by atoms with Crippen molar-refractivity contribution in [1.29, 1.82) is 0 Å². The fourth-order valence-electron chi connectivity index (χ4n) is 3.50. The fourth-order valence-corrected chi connectivity index (χ4v) is 3.50. The molecular formula is C20H26FN3O5. The monoisotopic (exact) mass is 407 g/mol. The zero-order chi connectivity index (χ0) is 21.2. The number of aliphatic carboxylic acids is 1. The zero-order valence-corrected chi connectivity index (χ0v) is 16.1. The number of hydrogen-bond donors (Lipinski definition) is 3. The molecule has 0 heterocycles. The topological polar surface area (TPSA) is 122 Å². The number of amides is 2. The van der Waals surface area contributed by atoms with E-state index in [0.29, 0.717) is 44.3 Å². The minimum Gasteiger partial charge on any atom is -0.481 e. The number of nitro benzene ring substituents is 1. The molecule has 1 aliphatic carbocycles. The van der Waals surface area contributed by atoms with Crippen LogP contribution in [0.25, 0.3) is 0 Å². The maximum atomic E-state index is 14.2. The molecule has 1 aromatic carbocycles. The molecular weight excluding hydrogens is 381 g/mol. The van der Waals surface area contributed by atoms with E-state index in [1.54, 1.807) is 0 Å². The number of carbonyl (C=O) groups excluding carboxylic acids is 1. The van der Waals surface area contributed by atoms with E-state index >= 15 is 0 Å².